The van der Waals surface area contributed by atoms with Gasteiger partial charge in [-0.2, -0.15) is 11.8 Å². The smallest absolute Gasteiger partial charge is 0.172 e. The van der Waals surface area contributed by atoms with Crippen molar-refractivity contribution in [3.8, 4) is 0 Å². The van der Waals surface area contributed by atoms with E-state index in [9.17, 15) is 4.79 Å². The SMILES string of the molecule is Cc1ccccc1C(=O)CSC(C)C(C)C. The van der Waals surface area contributed by atoms with Crippen LogP contribution in [0.2, 0.25) is 0 Å². The van der Waals surface area contributed by atoms with E-state index in [0.717, 1.165) is 11.1 Å². The summed E-state index contributed by atoms with van der Waals surface area (Å²) in [6, 6.07) is 7.80. The lowest BCUT2D eigenvalue weighted by atomic mass is 10.1. The summed E-state index contributed by atoms with van der Waals surface area (Å²) >= 11 is 1.75. The lowest BCUT2D eigenvalue weighted by Gasteiger charge is -2.14. The van der Waals surface area contributed by atoms with Gasteiger partial charge in [-0.15, -0.1) is 0 Å². The molecule has 88 valence electrons. The lowest BCUT2D eigenvalue weighted by Crippen LogP contribution is -2.11. The zero-order valence-corrected chi connectivity index (χ0v) is 11.3. The number of carbonyl (C=O) groups is 1. The van der Waals surface area contributed by atoms with Gasteiger partial charge in [0.15, 0.2) is 5.78 Å². The van der Waals surface area contributed by atoms with Crippen molar-refractivity contribution < 1.29 is 4.79 Å². The van der Waals surface area contributed by atoms with Gasteiger partial charge < -0.3 is 0 Å². The van der Waals surface area contributed by atoms with Gasteiger partial charge >= 0.3 is 0 Å². The number of ketones is 1. The largest absolute Gasteiger partial charge is 0.293 e. The normalized spacial score (nSPS) is 12.8. The molecule has 1 atom stereocenters. The Morgan fingerprint density at radius 3 is 2.44 bits per heavy atom. The molecule has 1 nitrogen and oxygen atoms in total. The van der Waals surface area contributed by atoms with Crippen molar-refractivity contribution in [2.45, 2.75) is 32.9 Å². The van der Waals surface area contributed by atoms with Crippen molar-refractivity contribution in [3.05, 3.63) is 35.4 Å². The Hall–Kier alpha value is -0.760. The second-order valence-electron chi connectivity index (χ2n) is 4.50. The molecule has 1 unspecified atom stereocenters. The molecule has 0 aromatic heterocycles. The van der Waals surface area contributed by atoms with Crippen molar-refractivity contribution in [3.63, 3.8) is 0 Å². The van der Waals surface area contributed by atoms with Crippen LogP contribution < -0.4 is 0 Å². The molecule has 0 N–H and O–H groups in total. The van der Waals surface area contributed by atoms with Crippen molar-refractivity contribution in [1.82, 2.24) is 0 Å². The van der Waals surface area contributed by atoms with Crippen LogP contribution in [0.3, 0.4) is 0 Å². The summed E-state index contributed by atoms with van der Waals surface area (Å²) in [7, 11) is 0. The summed E-state index contributed by atoms with van der Waals surface area (Å²) < 4.78 is 0. The van der Waals surface area contributed by atoms with E-state index >= 15 is 0 Å². The van der Waals surface area contributed by atoms with Gasteiger partial charge in [0, 0.05) is 10.8 Å². The number of Topliss-reactive ketones (excluding diaryl/α,β-unsaturated/α-hetero) is 1. The fourth-order valence-corrected chi connectivity index (χ4v) is 2.32. The van der Waals surface area contributed by atoms with Crippen LogP contribution in [0.15, 0.2) is 24.3 Å². The molecule has 0 radical (unpaired) electrons. The van der Waals surface area contributed by atoms with Crippen molar-refractivity contribution >= 4 is 17.5 Å². The highest BCUT2D eigenvalue weighted by atomic mass is 32.2. The highest BCUT2D eigenvalue weighted by molar-refractivity contribution is 8.00. The molecule has 0 aliphatic carbocycles. The first kappa shape index (κ1) is 13.3. The fraction of sp³-hybridized carbons (Fsp3) is 0.500. The molecule has 0 heterocycles. The maximum absolute atomic E-state index is 12.0. The molecule has 2 heteroatoms. The van der Waals surface area contributed by atoms with E-state index < -0.39 is 0 Å². The Labute approximate surface area is 103 Å². The van der Waals surface area contributed by atoms with E-state index in [0.29, 0.717) is 16.9 Å². The van der Waals surface area contributed by atoms with Gasteiger partial charge in [-0.1, -0.05) is 45.0 Å². The molecule has 0 aliphatic heterocycles. The number of hydrogen-bond acceptors (Lipinski definition) is 2. The van der Waals surface area contributed by atoms with Crippen LogP contribution in [0.5, 0.6) is 0 Å². The monoisotopic (exact) mass is 236 g/mol. The summed E-state index contributed by atoms with van der Waals surface area (Å²) in [5, 5.41) is 0.535. The summed E-state index contributed by atoms with van der Waals surface area (Å²) in [4.78, 5) is 12.0. The van der Waals surface area contributed by atoms with E-state index in [4.69, 9.17) is 0 Å². The maximum atomic E-state index is 12.0. The molecule has 0 saturated heterocycles. The first-order valence-electron chi connectivity index (χ1n) is 5.72. The Balaban J connectivity index is 2.57. The van der Waals surface area contributed by atoms with Crippen LogP contribution >= 0.6 is 11.8 Å². The molecule has 1 aromatic rings. The number of rotatable bonds is 5. The molecule has 0 saturated carbocycles. The third kappa shape index (κ3) is 3.67. The average Bonchev–Trinajstić information content (AvgIpc) is 2.25. The molecule has 0 fully saturated rings. The average molecular weight is 236 g/mol. The second kappa shape index (κ2) is 6.09. The summed E-state index contributed by atoms with van der Waals surface area (Å²) in [6.45, 7) is 8.55. The molecular formula is C14H20OS. The number of carbonyl (C=O) groups excluding carboxylic acids is 1. The summed E-state index contributed by atoms with van der Waals surface area (Å²) in [5.74, 6) is 1.45. The highest BCUT2D eigenvalue weighted by Gasteiger charge is 2.12. The number of benzene rings is 1. The van der Waals surface area contributed by atoms with Gasteiger partial charge in [0.05, 0.1) is 5.75 Å². The number of hydrogen-bond donors (Lipinski definition) is 0. The van der Waals surface area contributed by atoms with Gasteiger partial charge in [-0.3, -0.25) is 4.79 Å². The summed E-state index contributed by atoms with van der Waals surface area (Å²) in [6.07, 6.45) is 0. The first-order chi connectivity index (χ1) is 7.52. The van der Waals surface area contributed by atoms with Gasteiger partial charge in [0.1, 0.15) is 0 Å². The zero-order valence-electron chi connectivity index (χ0n) is 10.5. The van der Waals surface area contributed by atoms with E-state index in [1.54, 1.807) is 11.8 Å². The predicted octanol–water partition coefficient (Wildman–Crippen LogP) is 3.96. The van der Waals surface area contributed by atoms with Crippen LogP contribution in [0.4, 0.5) is 0 Å². The van der Waals surface area contributed by atoms with Crippen LogP contribution in [-0.4, -0.2) is 16.8 Å². The molecule has 1 rings (SSSR count). The Morgan fingerprint density at radius 2 is 1.88 bits per heavy atom. The molecule has 1 aromatic carbocycles. The first-order valence-corrected chi connectivity index (χ1v) is 6.77. The van der Waals surface area contributed by atoms with Crippen molar-refractivity contribution in [1.29, 1.82) is 0 Å². The van der Waals surface area contributed by atoms with Crippen LogP contribution in [0, 0.1) is 12.8 Å². The Bertz CT molecular complexity index is 358. The van der Waals surface area contributed by atoms with Crippen LogP contribution in [-0.2, 0) is 0 Å². The van der Waals surface area contributed by atoms with E-state index in [1.165, 1.54) is 0 Å². The van der Waals surface area contributed by atoms with E-state index in [1.807, 2.05) is 31.2 Å². The highest BCUT2D eigenvalue weighted by Crippen LogP contribution is 2.20. The van der Waals surface area contributed by atoms with Crippen LogP contribution in [0.25, 0.3) is 0 Å². The standard InChI is InChI=1S/C14H20OS/c1-10(2)12(4)16-9-14(15)13-8-6-5-7-11(13)3/h5-8,10,12H,9H2,1-4H3. The maximum Gasteiger partial charge on any atom is 0.172 e. The molecule has 0 aliphatic rings. The third-order valence-electron chi connectivity index (χ3n) is 2.86. The quantitative estimate of drug-likeness (QED) is 0.720. The molecule has 0 bridgehead atoms. The summed E-state index contributed by atoms with van der Waals surface area (Å²) in [5.41, 5.74) is 1.94. The predicted molar refractivity (Wildman–Crippen MR) is 72.3 cm³/mol. The second-order valence-corrected chi connectivity index (χ2v) is 5.86. The van der Waals surface area contributed by atoms with Gasteiger partial charge in [-0.05, 0) is 18.4 Å². The fourth-order valence-electron chi connectivity index (χ4n) is 1.36. The van der Waals surface area contributed by atoms with E-state index in [2.05, 4.69) is 20.8 Å². The Morgan fingerprint density at radius 1 is 1.25 bits per heavy atom. The van der Waals surface area contributed by atoms with E-state index in [-0.39, 0.29) is 5.78 Å². The van der Waals surface area contributed by atoms with Crippen molar-refractivity contribution in [2.75, 3.05) is 5.75 Å². The van der Waals surface area contributed by atoms with Gasteiger partial charge in [0.2, 0.25) is 0 Å². The molecule has 16 heavy (non-hydrogen) atoms. The van der Waals surface area contributed by atoms with Gasteiger partial charge in [-0.25, -0.2) is 0 Å². The minimum Gasteiger partial charge on any atom is -0.293 e. The minimum atomic E-state index is 0.246. The van der Waals surface area contributed by atoms with Crippen molar-refractivity contribution in [2.24, 2.45) is 5.92 Å². The molecular weight excluding hydrogens is 216 g/mol. The number of aryl methyl sites for hydroxylation is 1. The number of thioether (sulfide) groups is 1. The zero-order chi connectivity index (χ0) is 12.1. The lowest BCUT2D eigenvalue weighted by molar-refractivity contribution is 0.102. The third-order valence-corrected chi connectivity index (χ3v) is 4.36. The topological polar surface area (TPSA) is 17.1 Å². The molecule has 0 amide bonds. The van der Waals surface area contributed by atoms with Gasteiger partial charge in [0.25, 0.3) is 0 Å². The minimum absolute atomic E-state index is 0.246. The Kier molecular flexibility index (Phi) is 5.07. The van der Waals surface area contributed by atoms with Crippen LogP contribution in [0.1, 0.15) is 36.7 Å². The molecule has 0 spiro atoms.